The number of fused-ring (bicyclic) bond motifs is 1. The van der Waals surface area contributed by atoms with E-state index in [-0.39, 0.29) is 0 Å². The largest absolute Gasteiger partial charge is 0.306 e. The van der Waals surface area contributed by atoms with Gasteiger partial charge in [0.25, 0.3) is 0 Å². The third-order valence-corrected chi connectivity index (χ3v) is 3.96. The average molecular weight is 252 g/mol. The lowest BCUT2D eigenvalue weighted by Gasteiger charge is -2.15. The third kappa shape index (κ3) is 2.85. The van der Waals surface area contributed by atoms with Crippen LogP contribution in [0.25, 0.3) is 0 Å². The Morgan fingerprint density at radius 2 is 2.11 bits per heavy atom. The second-order valence-electron chi connectivity index (χ2n) is 5.35. The number of nitrogens with zero attached hydrogens (tertiary/aromatic N) is 1. The number of aromatic nitrogens is 1. The molecule has 2 nitrogen and oxygen atoms in total. The van der Waals surface area contributed by atoms with Crippen LogP contribution in [0, 0.1) is 0 Å². The Morgan fingerprint density at radius 3 is 2.95 bits per heavy atom. The maximum atomic E-state index is 4.14. The van der Waals surface area contributed by atoms with Crippen molar-refractivity contribution in [3.05, 3.63) is 65.0 Å². The van der Waals surface area contributed by atoms with Crippen LogP contribution in [0.4, 0.5) is 0 Å². The Kier molecular flexibility index (Phi) is 3.60. The Balaban J connectivity index is 1.65. The SMILES string of the molecule is CC(NCc1cccnc1)c1ccc2c(c1)CCC2. The highest BCUT2D eigenvalue weighted by Gasteiger charge is 2.13. The number of benzene rings is 1. The second-order valence-corrected chi connectivity index (χ2v) is 5.35. The van der Waals surface area contributed by atoms with Gasteiger partial charge >= 0.3 is 0 Å². The van der Waals surface area contributed by atoms with Gasteiger partial charge in [-0.05, 0) is 54.5 Å². The van der Waals surface area contributed by atoms with Gasteiger partial charge in [-0.3, -0.25) is 4.98 Å². The van der Waals surface area contributed by atoms with Gasteiger partial charge in [0.05, 0.1) is 0 Å². The minimum atomic E-state index is 0.381. The molecule has 1 heterocycles. The molecule has 1 aliphatic rings. The van der Waals surface area contributed by atoms with Gasteiger partial charge in [0.2, 0.25) is 0 Å². The molecule has 1 unspecified atom stereocenters. The molecular formula is C17H20N2. The van der Waals surface area contributed by atoms with Crippen molar-refractivity contribution in [1.82, 2.24) is 10.3 Å². The van der Waals surface area contributed by atoms with Crippen LogP contribution in [0.5, 0.6) is 0 Å². The molecule has 1 atom stereocenters. The summed E-state index contributed by atoms with van der Waals surface area (Å²) >= 11 is 0. The van der Waals surface area contributed by atoms with Crippen LogP contribution in [0.2, 0.25) is 0 Å². The van der Waals surface area contributed by atoms with Crippen LogP contribution >= 0.6 is 0 Å². The summed E-state index contributed by atoms with van der Waals surface area (Å²) in [5, 5.41) is 3.57. The standard InChI is InChI=1S/C17H20N2/c1-13(19-12-14-4-3-9-18-11-14)16-8-7-15-5-2-6-17(15)10-16/h3-4,7-11,13,19H,2,5-6,12H2,1H3. The molecule has 98 valence electrons. The van der Waals surface area contributed by atoms with Crippen LogP contribution in [0.15, 0.2) is 42.7 Å². The molecule has 2 heteroatoms. The molecule has 0 fully saturated rings. The zero-order chi connectivity index (χ0) is 13.1. The summed E-state index contributed by atoms with van der Waals surface area (Å²) in [6.07, 6.45) is 7.55. The zero-order valence-electron chi connectivity index (χ0n) is 11.4. The number of rotatable bonds is 4. The summed E-state index contributed by atoms with van der Waals surface area (Å²) in [7, 11) is 0. The van der Waals surface area contributed by atoms with E-state index in [9.17, 15) is 0 Å². The van der Waals surface area contributed by atoms with E-state index < -0.39 is 0 Å². The molecule has 19 heavy (non-hydrogen) atoms. The molecule has 0 spiro atoms. The van der Waals surface area contributed by atoms with Crippen LogP contribution < -0.4 is 5.32 Å². The van der Waals surface area contributed by atoms with Crippen LogP contribution in [0.1, 0.15) is 41.6 Å². The topological polar surface area (TPSA) is 24.9 Å². The fourth-order valence-electron chi connectivity index (χ4n) is 2.75. The lowest BCUT2D eigenvalue weighted by atomic mass is 10.0. The third-order valence-electron chi connectivity index (χ3n) is 3.96. The van der Waals surface area contributed by atoms with Crippen molar-refractivity contribution < 1.29 is 0 Å². The predicted molar refractivity (Wildman–Crippen MR) is 78.0 cm³/mol. The molecule has 2 aromatic rings. The van der Waals surface area contributed by atoms with Gasteiger partial charge in [-0.2, -0.15) is 0 Å². The molecule has 3 rings (SSSR count). The Bertz CT molecular complexity index is 548. The average Bonchev–Trinajstić information content (AvgIpc) is 2.93. The smallest absolute Gasteiger partial charge is 0.0312 e. The van der Waals surface area contributed by atoms with Gasteiger partial charge in [0, 0.05) is 25.0 Å². The van der Waals surface area contributed by atoms with E-state index in [2.05, 4.69) is 41.5 Å². The van der Waals surface area contributed by atoms with Gasteiger partial charge in [-0.1, -0.05) is 24.3 Å². The first-order chi connectivity index (χ1) is 9.33. The quantitative estimate of drug-likeness (QED) is 0.902. The minimum absolute atomic E-state index is 0.381. The van der Waals surface area contributed by atoms with E-state index in [0.29, 0.717) is 6.04 Å². The lowest BCUT2D eigenvalue weighted by molar-refractivity contribution is 0.573. The first-order valence-electron chi connectivity index (χ1n) is 7.07. The molecular weight excluding hydrogens is 232 g/mol. The molecule has 1 aliphatic carbocycles. The van der Waals surface area contributed by atoms with Crippen LogP contribution in [-0.4, -0.2) is 4.98 Å². The van der Waals surface area contributed by atoms with Crippen LogP contribution in [0.3, 0.4) is 0 Å². The van der Waals surface area contributed by atoms with Gasteiger partial charge in [0.15, 0.2) is 0 Å². The highest BCUT2D eigenvalue weighted by atomic mass is 14.9. The van der Waals surface area contributed by atoms with Gasteiger partial charge in [0.1, 0.15) is 0 Å². The fourth-order valence-corrected chi connectivity index (χ4v) is 2.75. The van der Waals surface area contributed by atoms with Gasteiger partial charge in [-0.15, -0.1) is 0 Å². The predicted octanol–water partition coefficient (Wildman–Crippen LogP) is 3.42. The molecule has 0 amide bonds. The molecule has 0 saturated carbocycles. The van der Waals surface area contributed by atoms with Crippen molar-refractivity contribution in [2.45, 2.75) is 38.8 Å². The van der Waals surface area contributed by atoms with E-state index in [0.717, 1.165) is 6.54 Å². The van der Waals surface area contributed by atoms with Crippen molar-refractivity contribution in [2.24, 2.45) is 0 Å². The van der Waals surface area contributed by atoms with E-state index in [1.165, 1.54) is 30.4 Å². The summed E-state index contributed by atoms with van der Waals surface area (Å²) in [6, 6.07) is 11.4. The first kappa shape index (κ1) is 12.4. The molecule has 1 aromatic carbocycles. The van der Waals surface area contributed by atoms with E-state index in [4.69, 9.17) is 0 Å². The Labute approximate surface area is 114 Å². The molecule has 0 aliphatic heterocycles. The lowest BCUT2D eigenvalue weighted by Crippen LogP contribution is -2.18. The van der Waals surface area contributed by atoms with Crippen molar-refractivity contribution >= 4 is 0 Å². The molecule has 1 aromatic heterocycles. The van der Waals surface area contributed by atoms with Crippen molar-refractivity contribution in [3.63, 3.8) is 0 Å². The molecule has 0 radical (unpaired) electrons. The number of hydrogen-bond acceptors (Lipinski definition) is 2. The Hall–Kier alpha value is -1.67. The van der Waals surface area contributed by atoms with Crippen LogP contribution in [-0.2, 0) is 19.4 Å². The molecule has 0 saturated heterocycles. The highest BCUT2D eigenvalue weighted by Crippen LogP contribution is 2.25. The maximum absolute atomic E-state index is 4.14. The first-order valence-corrected chi connectivity index (χ1v) is 7.07. The van der Waals surface area contributed by atoms with Gasteiger partial charge < -0.3 is 5.32 Å². The summed E-state index contributed by atoms with van der Waals surface area (Å²) in [4.78, 5) is 4.14. The maximum Gasteiger partial charge on any atom is 0.0312 e. The fraction of sp³-hybridized carbons (Fsp3) is 0.353. The molecule has 0 bridgehead atoms. The monoisotopic (exact) mass is 252 g/mol. The number of aryl methyl sites for hydroxylation is 2. The second kappa shape index (κ2) is 5.54. The van der Waals surface area contributed by atoms with Crippen molar-refractivity contribution in [2.75, 3.05) is 0 Å². The number of hydrogen-bond donors (Lipinski definition) is 1. The van der Waals surface area contributed by atoms with Crippen molar-refractivity contribution in [1.29, 1.82) is 0 Å². The Morgan fingerprint density at radius 1 is 1.21 bits per heavy atom. The van der Waals surface area contributed by atoms with Gasteiger partial charge in [-0.25, -0.2) is 0 Å². The summed E-state index contributed by atoms with van der Waals surface area (Å²) in [5.74, 6) is 0. The van der Waals surface area contributed by atoms with Crippen molar-refractivity contribution in [3.8, 4) is 0 Å². The van der Waals surface area contributed by atoms with E-state index >= 15 is 0 Å². The van der Waals surface area contributed by atoms with E-state index in [1.807, 2.05) is 18.5 Å². The minimum Gasteiger partial charge on any atom is -0.306 e. The summed E-state index contributed by atoms with van der Waals surface area (Å²) < 4.78 is 0. The summed E-state index contributed by atoms with van der Waals surface area (Å²) in [5.41, 5.74) is 5.72. The molecule has 1 N–H and O–H groups in total. The number of pyridine rings is 1. The summed E-state index contributed by atoms with van der Waals surface area (Å²) in [6.45, 7) is 3.10. The number of nitrogens with one attached hydrogen (secondary N) is 1. The normalized spacial score (nSPS) is 15.2. The zero-order valence-corrected chi connectivity index (χ0v) is 11.4. The van der Waals surface area contributed by atoms with E-state index in [1.54, 1.807) is 11.1 Å². The highest BCUT2D eigenvalue weighted by molar-refractivity contribution is 5.36.